The number of azide groups is 1. The summed E-state index contributed by atoms with van der Waals surface area (Å²) in [4.78, 5) is 28.8. The standard InChI is InChI=1S/C17H17N9O8S.C6H15N/c18-13-10-14(22-17(21-13)23-25-19)26(6-20-10)16-12(29)11(28)9(34-16)5-33-35(31,32)24-15(30)7-3-1-2-4-8(7)27;1-4-7(5-2)6-3/h1-4,6,9,11-12,16,27-29H,5H2,(H,24,30)(H2,18,21,22);4-6H2,1-3H3/t9-,11-,12-,16-;/m1./s1. The number of rotatable bonds is 10. The number of carbonyl (C=O) groups excluding carboxylic acids is 1. The van der Waals surface area contributed by atoms with Crippen molar-refractivity contribution in [2.24, 2.45) is 5.11 Å². The lowest BCUT2D eigenvalue weighted by Crippen LogP contribution is -2.37. The van der Waals surface area contributed by atoms with Crippen LogP contribution in [0.25, 0.3) is 21.6 Å². The number of carbonyl (C=O) groups is 1. The number of aromatic hydroxyl groups is 1. The second-order valence-corrected chi connectivity index (χ2v) is 10.1. The highest BCUT2D eigenvalue weighted by Gasteiger charge is 2.45. The first-order valence-corrected chi connectivity index (χ1v) is 14.2. The Morgan fingerprint density at radius 2 is 1.88 bits per heavy atom. The smallest absolute Gasteiger partial charge is 0.362 e. The lowest BCUT2D eigenvalue weighted by atomic mass is 10.1. The van der Waals surface area contributed by atoms with Crippen LogP contribution in [0.1, 0.15) is 37.4 Å². The Morgan fingerprint density at radius 3 is 2.48 bits per heavy atom. The maximum atomic E-state index is 12.2. The summed E-state index contributed by atoms with van der Waals surface area (Å²) in [5.41, 5.74) is 14.2. The van der Waals surface area contributed by atoms with Crippen LogP contribution in [-0.2, 0) is 19.2 Å². The number of benzene rings is 1. The van der Waals surface area contributed by atoms with E-state index in [1.165, 1.54) is 54.8 Å². The Labute approximate surface area is 240 Å². The number of aromatic nitrogens is 4. The first-order chi connectivity index (χ1) is 20.0. The zero-order valence-corrected chi connectivity index (χ0v) is 23.8. The van der Waals surface area contributed by atoms with Crippen LogP contribution in [0.15, 0.2) is 35.7 Å². The minimum Gasteiger partial charge on any atom is -0.507 e. The average molecular weight is 609 g/mol. The number of phenols is 1. The molecular formula is C23H32N10O8S. The van der Waals surface area contributed by atoms with Crippen LogP contribution in [0.2, 0.25) is 0 Å². The van der Waals surface area contributed by atoms with E-state index < -0.39 is 53.1 Å². The van der Waals surface area contributed by atoms with Gasteiger partial charge in [0.1, 0.15) is 29.6 Å². The molecule has 18 nitrogen and oxygen atoms in total. The first kappa shape index (κ1) is 32.4. The van der Waals surface area contributed by atoms with Crippen LogP contribution >= 0.6 is 0 Å². The van der Waals surface area contributed by atoms with Gasteiger partial charge in [-0.1, -0.05) is 32.9 Å². The van der Waals surface area contributed by atoms with E-state index in [0.29, 0.717) is 0 Å². The molecule has 19 heteroatoms. The van der Waals surface area contributed by atoms with E-state index in [9.17, 15) is 28.5 Å². The number of nitrogens with two attached hydrogens (primary N) is 1. The molecule has 0 bridgehead atoms. The number of para-hydroxylation sites is 1. The van der Waals surface area contributed by atoms with Crippen LogP contribution in [0.5, 0.6) is 5.75 Å². The van der Waals surface area contributed by atoms with Crippen LogP contribution in [0.4, 0.5) is 11.8 Å². The van der Waals surface area contributed by atoms with Gasteiger partial charge in [0.05, 0.1) is 18.5 Å². The number of imidazole rings is 1. The van der Waals surface area contributed by atoms with Gasteiger partial charge in [0, 0.05) is 4.91 Å². The summed E-state index contributed by atoms with van der Waals surface area (Å²) in [6.07, 6.45) is -4.69. The summed E-state index contributed by atoms with van der Waals surface area (Å²) in [7, 11) is -4.68. The largest absolute Gasteiger partial charge is 0.507 e. The van der Waals surface area contributed by atoms with Crippen molar-refractivity contribution in [1.29, 1.82) is 0 Å². The number of nitrogen functional groups attached to an aromatic ring is 1. The van der Waals surface area contributed by atoms with Gasteiger partial charge in [-0.2, -0.15) is 8.42 Å². The van der Waals surface area contributed by atoms with E-state index in [2.05, 4.69) is 50.6 Å². The summed E-state index contributed by atoms with van der Waals surface area (Å²) in [5, 5.41) is 33.8. The number of hydrogen-bond donors (Lipinski definition) is 5. The summed E-state index contributed by atoms with van der Waals surface area (Å²) >= 11 is 0. The number of nitrogens with one attached hydrogen (secondary N) is 1. The molecule has 1 aromatic carbocycles. The molecule has 4 atom stereocenters. The maximum Gasteiger partial charge on any atom is 0.362 e. The molecule has 0 saturated carbocycles. The number of amides is 1. The first-order valence-electron chi connectivity index (χ1n) is 12.7. The Hall–Kier alpha value is -4.10. The molecule has 3 heterocycles. The molecular weight excluding hydrogens is 576 g/mol. The van der Waals surface area contributed by atoms with Crippen molar-refractivity contribution in [3.63, 3.8) is 0 Å². The monoisotopic (exact) mass is 608 g/mol. The van der Waals surface area contributed by atoms with Gasteiger partial charge in [-0.25, -0.2) is 19.7 Å². The molecule has 1 amide bonds. The summed E-state index contributed by atoms with van der Waals surface area (Å²) < 4.78 is 37.4. The summed E-state index contributed by atoms with van der Waals surface area (Å²) in [6, 6.07) is 5.25. The quantitative estimate of drug-likeness (QED) is 0.121. The van der Waals surface area contributed by atoms with Gasteiger partial charge in [-0.15, -0.1) is 0 Å². The van der Waals surface area contributed by atoms with Crippen molar-refractivity contribution in [3.05, 3.63) is 46.6 Å². The number of aliphatic hydroxyl groups excluding tert-OH is 2. The van der Waals surface area contributed by atoms with Gasteiger partial charge in [0.2, 0.25) is 5.95 Å². The maximum absolute atomic E-state index is 12.2. The van der Waals surface area contributed by atoms with Crippen LogP contribution in [0, 0.1) is 0 Å². The Balaban J connectivity index is 0.000000616. The fourth-order valence-corrected chi connectivity index (χ4v) is 4.69. The molecule has 1 saturated heterocycles. The van der Waals surface area contributed by atoms with Crippen molar-refractivity contribution in [2.75, 3.05) is 32.0 Å². The normalized spacial score (nSPS) is 20.1. The molecule has 228 valence electrons. The third kappa shape index (κ3) is 7.59. The minimum absolute atomic E-state index is 0.0141. The topological polar surface area (TPSA) is 264 Å². The van der Waals surface area contributed by atoms with E-state index in [1.807, 2.05) is 0 Å². The van der Waals surface area contributed by atoms with Gasteiger partial charge in [0.15, 0.2) is 17.7 Å². The Kier molecular flexibility index (Phi) is 10.9. The SMILES string of the molecule is CCN(CC)CC.[N-]=[N+]=Nc1nc(N)c2ncn([C@@H]3O[C@H](COS(=O)(=O)NC(=O)c4ccccc4O)[C@@H](O)[C@H]3O)c2n1. The predicted molar refractivity (Wildman–Crippen MR) is 148 cm³/mol. The fraction of sp³-hybridized carbons (Fsp3) is 0.478. The Bertz CT molecular complexity index is 1540. The number of hydrogen-bond acceptors (Lipinski definition) is 14. The molecule has 0 aliphatic carbocycles. The minimum atomic E-state index is -4.68. The molecule has 0 unspecified atom stereocenters. The highest BCUT2D eigenvalue weighted by Crippen LogP contribution is 2.33. The molecule has 0 radical (unpaired) electrons. The van der Waals surface area contributed by atoms with Crippen molar-refractivity contribution >= 4 is 39.1 Å². The molecule has 1 aliphatic heterocycles. The number of fused-ring (bicyclic) bond motifs is 1. The summed E-state index contributed by atoms with van der Waals surface area (Å²) in [6.45, 7) is 9.34. The molecule has 2 aromatic heterocycles. The van der Waals surface area contributed by atoms with Crippen molar-refractivity contribution in [1.82, 2.24) is 29.1 Å². The van der Waals surface area contributed by atoms with E-state index in [-0.39, 0.29) is 28.5 Å². The van der Waals surface area contributed by atoms with Gasteiger partial charge in [0.25, 0.3) is 5.91 Å². The van der Waals surface area contributed by atoms with E-state index in [0.717, 1.165) is 0 Å². The van der Waals surface area contributed by atoms with Gasteiger partial charge in [-0.3, -0.25) is 13.5 Å². The van der Waals surface area contributed by atoms with E-state index in [4.69, 9.17) is 20.2 Å². The van der Waals surface area contributed by atoms with Gasteiger partial charge < -0.3 is 30.7 Å². The second-order valence-electron chi connectivity index (χ2n) is 8.78. The lowest BCUT2D eigenvalue weighted by Gasteiger charge is -2.16. The number of anilines is 1. The van der Waals surface area contributed by atoms with Gasteiger partial charge >= 0.3 is 10.3 Å². The number of ether oxygens (including phenoxy) is 1. The highest BCUT2D eigenvalue weighted by molar-refractivity contribution is 7.85. The zero-order valence-electron chi connectivity index (χ0n) is 23.0. The van der Waals surface area contributed by atoms with Gasteiger partial charge in [-0.05, 0) is 42.4 Å². The highest BCUT2D eigenvalue weighted by atomic mass is 32.2. The van der Waals surface area contributed by atoms with Crippen LogP contribution in [0.3, 0.4) is 0 Å². The second kappa shape index (κ2) is 14.2. The summed E-state index contributed by atoms with van der Waals surface area (Å²) in [5.74, 6) is -2.03. The Morgan fingerprint density at radius 1 is 1.21 bits per heavy atom. The molecule has 3 aromatic rings. The molecule has 1 aliphatic rings. The average Bonchev–Trinajstić information content (AvgIpc) is 3.50. The van der Waals surface area contributed by atoms with E-state index in [1.54, 1.807) is 4.72 Å². The van der Waals surface area contributed by atoms with Crippen molar-refractivity contribution in [3.8, 4) is 5.75 Å². The third-order valence-electron chi connectivity index (χ3n) is 6.28. The molecule has 4 rings (SSSR count). The molecule has 0 spiro atoms. The van der Waals surface area contributed by atoms with E-state index >= 15 is 0 Å². The fourth-order valence-electron chi connectivity index (χ4n) is 3.99. The number of nitrogens with zero attached hydrogens (tertiary/aromatic N) is 8. The van der Waals surface area contributed by atoms with Crippen LogP contribution in [-0.4, -0.2) is 98.6 Å². The van der Waals surface area contributed by atoms with Crippen molar-refractivity contribution < 1.29 is 37.5 Å². The molecule has 6 N–H and O–H groups in total. The number of phenolic OH excluding ortho intramolecular Hbond substituents is 1. The lowest BCUT2D eigenvalue weighted by molar-refractivity contribution is -0.0468. The predicted octanol–water partition coefficient (Wildman–Crippen LogP) is 0.715. The number of aliphatic hydroxyl groups is 2. The molecule has 42 heavy (non-hydrogen) atoms. The third-order valence-corrected chi connectivity index (χ3v) is 7.16. The molecule has 1 fully saturated rings. The zero-order chi connectivity index (χ0) is 31.0. The van der Waals surface area contributed by atoms with Crippen LogP contribution < -0.4 is 10.5 Å². The van der Waals surface area contributed by atoms with Crippen molar-refractivity contribution in [2.45, 2.75) is 45.3 Å².